The molecule has 1 aromatic heterocycles. The summed E-state index contributed by atoms with van der Waals surface area (Å²) in [4.78, 5) is 63.3. The number of imide groups is 1. The number of fused-ring (bicyclic) bond motifs is 2. The summed E-state index contributed by atoms with van der Waals surface area (Å²) in [5.41, 5.74) is 2.32. The van der Waals surface area contributed by atoms with E-state index in [1.807, 2.05) is 12.1 Å². The van der Waals surface area contributed by atoms with Crippen molar-refractivity contribution in [3.05, 3.63) is 76.8 Å². The van der Waals surface area contributed by atoms with Crippen molar-refractivity contribution in [1.29, 1.82) is 0 Å². The van der Waals surface area contributed by atoms with E-state index in [2.05, 4.69) is 30.8 Å². The number of carbonyl (C=O) groups excluding carboxylic acids is 4. The van der Waals surface area contributed by atoms with Crippen molar-refractivity contribution < 1.29 is 33.0 Å². The number of amides is 4. The van der Waals surface area contributed by atoms with Crippen LogP contribution in [0.1, 0.15) is 54.4 Å². The molecule has 4 aromatic rings. The number of unbranched alkanes of at least 4 members (excludes halogenated alkanes) is 1. The SMILES string of the molecule is COc1cc2ncnc(Nc3cccc(Cl)c3F)c2cc1OC1CCN(CC(=O)NCCCCSc2cccc3c2CN(C2CCC(=O)NC2=O)C3=O)CC1. The average Bonchev–Trinajstić information content (AvgIpc) is 3.51. The van der Waals surface area contributed by atoms with Crippen LogP contribution in [-0.2, 0) is 20.9 Å². The number of halogens is 2. The summed E-state index contributed by atoms with van der Waals surface area (Å²) in [6, 6.07) is 13.3. The van der Waals surface area contributed by atoms with Crippen LogP contribution < -0.4 is 25.4 Å². The third kappa shape index (κ3) is 8.79. The third-order valence-corrected chi connectivity index (χ3v) is 11.5. The number of thioether (sulfide) groups is 1. The van der Waals surface area contributed by atoms with Crippen molar-refractivity contribution in [2.75, 3.05) is 44.4 Å². The van der Waals surface area contributed by atoms with E-state index < -0.39 is 17.8 Å². The summed E-state index contributed by atoms with van der Waals surface area (Å²) in [7, 11) is 1.56. The van der Waals surface area contributed by atoms with E-state index in [0.29, 0.717) is 72.9 Å². The number of nitrogens with one attached hydrogen (secondary N) is 3. The fraction of sp³-hybridized carbons (Fsp3) is 0.385. The van der Waals surface area contributed by atoms with Crippen molar-refractivity contribution >= 4 is 69.4 Å². The average molecular weight is 790 g/mol. The van der Waals surface area contributed by atoms with Gasteiger partial charge in [-0.25, -0.2) is 14.4 Å². The van der Waals surface area contributed by atoms with Crippen molar-refractivity contribution in [2.45, 2.75) is 62.1 Å². The maximum absolute atomic E-state index is 14.6. The predicted octanol–water partition coefficient (Wildman–Crippen LogP) is 5.47. The number of ether oxygens (including phenoxy) is 2. The lowest BCUT2D eigenvalue weighted by Crippen LogP contribution is -2.52. The molecule has 1 atom stereocenters. The maximum Gasteiger partial charge on any atom is 0.255 e. The number of nitrogens with zero attached hydrogens (tertiary/aromatic N) is 4. The molecule has 7 rings (SSSR count). The summed E-state index contributed by atoms with van der Waals surface area (Å²) in [6.07, 6.45) is 4.98. The van der Waals surface area contributed by atoms with E-state index in [-0.39, 0.29) is 41.0 Å². The normalized spacial score (nSPS) is 17.6. The van der Waals surface area contributed by atoms with Gasteiger partial charge in [0.1, 0.15) is 24.3 Å². The van der Waals surface area contributed by atoms with Gasteiger partial charge in [-0.3, -0.25) is 29.4 Å². The number of rotatable bonds is 14. The monoisotopic (exact) mass is 789 g/mol. The zero-order valence-electron chi connectivity index (χ0n) is 30.2. The number of anilines is 2. The van der Waals surface area contributed by atoms with Gasteiger partial charge in [0.25, 0.3) is 5.91 Å². The molecular weight excluding hydrogens is 749 g/mol. The predicted molar refractivity (Wildman–Crippen MR) is 206 cm³/mol. The van der Waals surface area contributed by atoms with Crippen molar-refractivity contribution in [3.63, 3.8) is 0 Å². The quantitative estimate of drug-likeness (QED) is 0.0847. The molecule has 288 valence electrons. The van der Waals surface area contributed by atoms with Crippen LogP contribution in [0.25, 0.3) is 10.9 Å². The number of aromatic nitrogens is 2. The highest BCUT2D eigenvalue weighted by Gasteiger charge is 2.39. The van der Waals surface area contributed by atoms with Gasteiger partial charge in [-0.05, 0) is 73.8 Å². The van der Waals surface area contributed by atoms with E-state index in [0.717, 1.165) is 41.9 Å². The van der Waals surface area contributed by atoms with Gasteiger partial charge in [-0.1, -0.05) is 23.7 Å². The van der Waals surface area contributed by atoms with Gasteiger partial charge in [0.05, 0.1) is 29.9 Å². The Morgan fingerprint density at radius 2 is 1.87 bits per heavy atom. The van der Waals surface area contributed by atoms with Gasteiger partial charge in [0.2, 0.25) is 17.7 Å². The molecule has 2 saturated heterocycles. The van der Waals surface area contributed by atoms with Crippen molar-refractivity contribution in [3.8, 4) is 11.5 Å². The number of carbonyl (C=O) groups is 4. The van der Waals surface area contributed by atoms with Crippen LogP contribution in [0, 0.1) is 5.82 Å². The van der Waals surface area contributed by atoms with Crippen LogP contribution >= 0.6 is 23.4 Å². The maximum atomic E-state index is 14.6. The topological polar surface area (TPSA) is 155 Å². The fourth-order valence-electron chi connectivity index (χ4n) is 7.10. The minimum absolute atomic E-state index is 0.000210. The van der Waals surface area contributed by atoms with Crippen molar-refractivity contribution in [1.82, 2.24) is 30.4 Å². The number of hydrogen-bond acceptors (Lipinski definition) is 11. The van der Waals surface area contributed by atoms with Gasteiger partial charge >= 0.3 is 0 Å². The number of hydrogen-bond donors (Lipinski definition) is 3. The Morgan fingerprint density at radius 3 is 2.67 bits per heavy atom. The highest BCUT2D eigenvalue weighted by molar-refractivity contribution is 7.99. The molecule has 4 heterocycles. The first-order valence-electron chi connectivity index (χ1n) is 18.3. The molecule has 3 aliphatic heterocycles. The molecule has 3 N–H and O–H groups in total. The second-order valence-corrected chi connectivity index (χ2v) is 15.2. The first-order valence-corrected chi connectivity index (χ1v) is 19.6. The highest BCUT2D eigenvalue weighted by atomic mass is 35.5. The summed E-state index contributed by atoms with van der Waals surface area (Å²) in [6.45, 7) is 2.61. The summed E-state index contributed by atoms with van der Waals surface area (Å²) in [5.74, 6) is 0.764. The molecule has 1 unspecified atom stereocenters. The smallest absolute Gasteiger partial charge is 0.255 e. The molecule has 3 aliphatic rings. The van der Waals surface area contributed by atoms with Gasteiger partial charge in [0.15, 0.2) is 17.3 Å². The number of likely N-dealkylation sites (tertiary alicyclic amines) is 1. The standard InChI is InChI=1S/C39H41ClFN7O6S/c1-53-31-19-29-25(37(44-22-43-29)45-28-8-5-7-27(40)36(28)41)18-32(31)54-23-12-15-47(16-13-23)21-35(50)42-14-2-3-17-55-33-9-4-6-24-26(33)20-48(39(24)52)30-10-11-34(49)46-38(30)51/h4-9,18-19,22-23,30H,2-3,10-17,20-21H2,1H3,(H,42,50)(H,43,44,45)(H,46,49,51). The zero-order valence-corrected chi connectivity index (χ0v) is 31.8. The van der Waals surface area contributed by atoms with Crippen LogP contribution in [0.5, 0.6) is 11.5 Å². The van der Waals surface area contributed by atoms with E-state index in [1.54, 1.807) is 54.1 Å². The Morgan fingerprint density at radius 1 is 1.05 bits per heavy atom. The molecule has 13 nitrogen and oxygen atoms in total. The van der Waals surface area contributed by atoms with Crippen LogP contribution in [0.15, 0.2) is 59.8 Å². The number of benzene rings is 3. The van der Waals surface area contributed by atoms with Gasteiger partial charge in [0, 0.05) is 54.5 Å². The Kier molecular flexibility index (Phi) is 12.0. The molecule has 16 heteroatoms. The second-order valence-electron chi connectivity index (χ2n) is 13.6. The molecule has 0 spiro atoms. The van der Waals surface area contributed by atoms with Crippen LogP contribution in [-0.4, -0.2) is 94.6 Å². The first kappa shape index (κ1) is 38.3. The van der Waals surface area contributed by atoms with E-state index in [4.69, 9.17) is 21.1 Å². The van der Waals surface area contributed by atoms with Gasteiger partial charge < -0.3 is 25.0 Å². The van der Waals surface area contributed by atoms with Gasteiger partial charge in [-0.15, -0.1) is 11.8 Å². The Hall–Kier alpha value is -4.99. The zero-order chi connectivity index (χ0) is 38.5. The lowest BCUT2D eigenvalue weighted by atomic mass is 10.0. The molecule has 0 saturated carbocycles. The minimum atomic E-state index is -0.636. The summed E-state index contributed by atoms with van der Waals surface area (Å²) in [5, 5.41) is 9.03. The molecule has 55 heavy (non-hydrogen) atoms. The fourth-order valence-corrected chi connectivity index (χ4v) is 8.36. The van der Waals surface area contributed by atoms with E-state index >= 15 is 0 Å². The van der Waals surface area contributed by atoms with Crippen LogP contribution in [0.2, 0.25) is 5.02 Å². The molecule has 0 bridgehead atoms. The molecule has 2 fully saturated rings. The molecule has 3 aromatic carbocycles. The Labute approximate surface area is 326 Å². The molecule has 0 aliphatic carbocycles. The van der Waals surface area contributed by atoms with E-state index in [1.165, 1.54) is 12.4 Å². The van der Waals surface area contributed by atoms with E-state index in [9.17, 15) is 23.6 Å². The summed E-state index contributed by atoms with van der Waals surface area (Å²) < 4.78 is 26.7. The van der Waals surface area contributed by atoms with Crippen LogP contribution in [0.4, 0.5) is 15.9 Å². The second kappa shape index (κ2) is 17.2. The number of piperidine rings is 2. The highest BCUT2D eigenvalue weighted by Crippen LogP contribution is 2.37. The third-order valence-electron chi connectivity index (χ3n) is 10.0. The van der Waals surface area contributed by atoms with Crippen molar-refractivity contribution in [2.24, 2.45) is 0 Å². The first-order chi connectivity index (χ1) is 26.7. The lowest BCUT2D eigenvalue weighted by Gasteiger charge is -2.32. The molecule has 0 radical (unpaired) electrons. The lowest BCUT2D eigenvalue weighted by molar-refractivity contribution is -0.137. The minimum Gasteiger partial charge on any atom is -0.493 e. The van der Waals surface area contributed by atoms with Gasteiger partial charge in [-0.2, -0.15) is 0 Å². The molecule has 4 amide bonds. The van der Waals surface area contributed by atoms with Crippen LogP contribution in [0.3, 0.4) is 0 Å². The summed E-state index contributed by atoms with van der Waals surface area (Å²) >= 11 is 7.64. The molecular formula is C39H41ClFN7O6S. The number of methoxy groups -OCH3 is 1. The Balaban J connectivity index is 0.837. The Bertz CT molecular complexity index is 2120. The largest absolute Gasteiger partial charge is 0.493 e.